The first-order valence-electron chi connectivity index (χ1n) is 10.6. The molecule has 2 aliphatic rings. The van der Waals surface area contributed by atoms with E-state index < -0.39 is 0 Å². The molecular weight excluding hydrogens is 362 g/mol. The summed E-state index contributed by atoms with van der Waals surface area (Å²) in [5, 5.41) is 4.49. The van der Waals surface area contributed by atoms with Gasteiger partial charge in [-0.3, -0.25) is 4.79 Å². The first-order chi connectivity index (χ1) is 14.2. The van der Waals surface area contributed by atoms with E-state index in [1.165, 1.54) is 5.56 Å². The van der Waals surface area contributed by atoms with Gasteiger partial charge in [0.05, 0.1) is 5.69 Å². The molecule has 5 rings (SSSR count). The Morgan fingerprint density at radius 3 is 2.62 bits per heavy atom. The summed E-state index contributed by atoms with van der Waals surface area (Å²) in [6, 6.07) is 12.9. The van der Waals surface area contributed by atoms with Crippen LogP contribution in [0.4, 0.5) is 5.82 Å². The first-order valence-corrected chi connectivity index (χ1v) is 10.6. The molecule has 0 spiro atoms. The molecule has 3 heterocycles. The molecule has 29 heavy (non-hydrogen) atoms. The van der Waals surface area contributed by atoms with Crippen LogP contribution in [0.25, 0.3) is 5.52 Å². The zero-order valence-corrected chi connectivity index (χ0v) is 16.9. The van der Waals surface area contributed by atoms with Gasteiger partial charge in [0.25, 0.3) is 0 Å². The van der Waals surface area contributed by atoms with Gasteiger partial charge in [-0.05, 0) is 44.2 Å². The molecule has 2 aromatic heterocycles. The Hall–Kier alpha value is -2.89. The van der Waals surface area contributed by atoms with Crippen molar-refractivity contribution in [1.82, 2.24) is 19.5 Å². The molecule has 1 aliphatic carbocycles. The minimum absolute atomic E-state index is 0.113. The van der Waals surface area contributed by atoms with E-state index in [0.717, 1.165) is 62.3 Å². The third kappa shape index (κ3) is 3.71. The van der Waals surface area contributed by atoms with Gasteiger partial charge in [0.2, 0.25) is 5.91 Å². The van der Waals surface area contributed by atoms with Gasteiger partial charge in [-0.1, -0.05) is 30.3 Å². The quantitative estimate of drug-likeness (QED) is 0.671. The molecule has 1 saturated carbocycles. The summed E-state index contributed by atoms with van der Waals surface area (Å²) in [5.74, 6) is 1.42. The van der Waals surface area contributed by atoms with E-state index in [9.17, 15) is 4.79 Å². The van der Waals surface area contributed by atoms with Gasteiger partial charge < -0.3 is 9.80 Å². The molecule has 1 aromatic carbocycles. The SMILES string of the molecule is Cc1cc2c(N3CCC(C(=O)N(Cc4ccccc4)C4CC4)CC3)nccn2n1. The molecule has 150 valence electrons. The van der Waals surface area contributed by atoms with E-state index in [2.05, 4.69) is 50.2 Å². The summed E-state index contributed by atoms with van der Waals surface area (Å²) in [7, 11) is 0. The van der Waals surface area contributed by atoms with Crippen LogP contribution in [0, 0.1) is 12.8 Å². The summed E-state index contributed by atoms with van der Waals surface area (Å²) in [4.78, 5) is 22.4. The molecule has 1 saturated heterocycles. The number of rotatable bonds is 5. The predicted octanol–water partition coefficient (Wildman–Crippen LogP) is 3.45. The van der Waals surface area contributed by atoms with Crippen LogP contribution in [0.1, 0.15) is 36.9 Å². The highest BCUT2D eigenvalue weighted by molar-refractivity contribution is 5.80. The third-order valence-corrected chi connectivity index (χ3v) is 6.10. The van der Waals surface area contributed by atoms with E-state index >= 15 is 0 Å². The second-order valence-corrected chi connectivity index (χ2v) is 8.31. The zero-order valence-electron chi connectivity index (χ0n) is 16.9. The van der Waals surface area contributed by atoms with Gasteiger partial charge in [-0.15, -0.1) is 0 Å². The lowest BCUT2D eigenvalue weighted by molar-refractivity contribution is -0.137. The molecule has 2 fully saturated rings. The number of hydrogen-bond donors (Lipinski definition) is 0. The first kappa shape index (κ1) is 18.2. The standard InChI is InChI=1S/C23H27N5O/c1-17-15-21-22(24-11-14-28(21)25-17)26-12-9-19(10-13-26)23(29)27(20-7-8-20)16-18-5-3-2-4-6-18/h2-6,11,14-15,19-20H,7-10,12-13,16H2,1H3. The fraction of sp³-hybridized carbons (Fsp3) is 0.435. The van der Waals surface area contributed by atoms with Gasteiger partial charge in [-0.2, -0.15) is 5.10 Å². The van der Waals surface area contributed by atoms with Gasteiger partial charge in [0.15, 0.2) is 5.82 Å². The second kappa shape index (κ2) is 7.50. The van der Waals surface area contributed by atoms with Crippen molar-refractivity contribution >= 4 is 17.2 Å². The highest BCUT2D eigenvalue weighted by atomic mass is 16.2. The Morgan fingerprint density at radius 1 is 1.14 bits per heavy atom. The van der Waals surface area contributed by atoms with Crippen LogP contribution in [-0.4, -0.2) is 44.5 Å². The fourth-order valence-corrected chi connectivity index (χ4v) is 4.40. The van der Waals surface area contributed by atoms with Gasteiger partial charge in [0, 0.05) is 44.0 Å². The van der Waals surface area contributed by atoms with Crippen molar-refractivity contribution in [1.29, 1.82) is 0 Å². The molecule has 0 bridgehead atoms. The fourth-order valence-electron chi connectivity index (χ4n) is 4.40. The average Bonchev–Trinajstić information content (AvgIpc) is 3.52. The third-order valence-electron chi connectivity index (χ3n) is 6.10. The van der Waals surface area contributed by atoms with Crippen molar-refractivity contribution < 1.29 is 4.79 Å². The second-order valence-electron chi connectivity index (χ2n) is 8.31. The molecule has 0 N–H and O–H groups in total. The Bertz CT molecular complexity index is 1000. The molecule has 0 radical (unpaired) electrons. The zero-order chi connectivity index (χ0) is 19.8. The average molecular weight is 390 g/mol. The number of anilines is 1. The highest BCUT2D eigenvalue weighted by Gasteiger charge is 2.37. The van der Waals surface area contributed by atoms with Crippen molar-refractivity contribution in [2.24, 2.45) is 5.92 Å². The van der Waals surface area contributed by atoms with Gasteiger partial charge in [-0.25, -0.2) is 9.50 Å². The largest absolute Gasteiger partial charge is 0.355 e. The van der Waals surface area contributed by atoms with E-state index in [4.69, 9.17) is 0 Å². The summed E-state index contributed by atoms with van der Waals surface area (Å²) < 4.78 is 1.89. The number of benzene rings is 1. The molecule has 1 amide bonds. The summed E-state index contributed by atoms with van der Waals surface area (Å²) >= 11 is 0. The van der Waals surface area contributed by atoms with Crippen molar-refractivity contribution in [2.45, 2.75) is 45.2 Å². The number of aromatic nitrogens is 3. The van der Waals surface area contributed by atoms with Crippen LogP contribution in [0.2, 0.25) is 0 Å². The van der Waals surface area contributed by atoms with E-state index in [0.29, 0.717) is 11.9 Å². The van der Waals surface area contributed by atoms with Crippen LogP contribution in [0.15, 0.2) is 48.8 Å². The van der Waals surface area contributed by atoms with E-state index in [-0.39, 0.29) is 5.92 Å². The molecule has 0 atom stereocenters. The van der Waals surface area contributed by atoms with Crippen LogP contribution in [-0.2, 0) is 11.3 Å². The number of fused-ring (bicyclic) bond motifs is 1. The van der Waals surface area contributed by atoms with Crippen molar-refractivity contribution in [3.63, 3.8) is 0 Å². The number of carbonyl (C=O) groups is 1. The lowest BCUT2D eigenvalue weighted by Crippen LogP contribution is -2.43. The monoisotopic (exact) mass is 389 g/mol. The lowest BCUT2D eigenvalue weighted by atomic mass is 9.94. The smallest absolute Gasteiger partial charge is 0.226 e. The summed E-state index contributed by atoms with van der Waals surface area (Å²) in [6.45, 7) is 4.45. The molecule has 3 aromatic rings. The molecule has 6 nitrogen and oxygen atoms in total. The maximum absolute atomic E-state index is 13.3. The Balaban J connectivity index is 1.27. The topological polar surface area (TPSA) is 53.7 Å². The van der Waals surface area contributed by atoms with E-state index in [1.54, 1.807) is 6.20 Å². The van der Waals surface area contributed by atoms with Crippen molar-refractivity contribution in [3.05, 3.63) is 60.0 Å². The predicted molar refractivity (Wildman–Crippen MR) is 113 cm³/mol. The summed E-state index contributed by atoms with van der Waals surface area (Å²) in [5.41, 5.74) is 3.25. The molecular formula is C23H27N5O. The Kier molecular flexibility index (Phi) is 4.70. The van der Waals surface area contributed by atoms with E-state index in [1.807, 2.05) is 23.7 Å². The number of hydrogen-bond acceptors (Lipinski definition) is 4. The number of aryl methyl sites for hydroxylation is 1. The number of piperidine rings is 1. The molecule has 1 aliphatic heterocycles. The Labute approximate surface area is 171 Å². The van der Waals surface area contributed by atoms with Gasteiger partial charge >= 0.3 is 0 Å². The van der Waals surface area contributed by atoms with Crippen LogP contribution in [0.5, 0.6) is 0 Å². The molecule has 6 heteroatoms. The lowest BCUT2D eigenvalue weighted by Gasteiger charge is -2.35. The van der Waals surface area contributed by atoms with Crippen LogP contribution < -0.4 is 4.90 Å². The maximum Gasteiger partial charge on any atom is 0.226 e. The number of nitrogens with zero attached hydrogens (tertiary/aromatic N) is 5. The number of carbonyl (C=O) groups excluding carboxylic acids is 1. The van der Waals surface area contributed by atoms with Crippen LogP contribution >= 0.6 is 0 Å². The minimum Gasteiger partial charge on any atom is -0.355 e. The normalized spacial score (nSPS) is 17.6. The number of amides is 1. The molecule has 0 unspecified atom stereocenters. The van der Waals surface area contributed by atoms with Crippen molar-refractivity contribution in [2.75, 3.05) is 18.0 Å². The summed E-state index contributed by atoms with van der Waals surface area (Å²) in [6.07, 6.45) is 7.74. The van der Waals surface area contributed by atoms with Crippen molar-refractivity contribution in [3.8, 4) is 0 Å². The minimum atomic E-state index is 0.113. The maximum atomic E-state index is 13.3. The van der Waals surface area contributed by atoms with Crippen LogP contribution in [0.3, 0.4) is 0 Å². The van der Waals surface area contributed by atoms with Gasteiger partial charge in [0.1, 0.15) is 5.52 Å². The Morgan fingerprint density at radius 2 is 1.90 bits per heavy atom. The highest BCUT2D eigenvalue weighted by Crippen LogP contribution is 2.33.